The van der Waals surface area contributed by atoms with Crippen LogP contribution in [0.2, 0.25) is 4.47 Å². The van der Waals surface area contributed by atoms with Crippen molar-refractivity contribution in [3.8, 4) is 0 Å². The molecule has 12 heavy (non-hydrogen) atoms. The first-order valence-electron chi connectivity index (χ1n) is 3.91. The number of fused-ring (bicyclic) bond motifs is 1. The zero-order valence-electron chi connectivity index (χ0n) is 7.10. The maximum absolute atomic E-state index is 6.05. The van der Waals surface area contributed by atoms with E-state index >= 15 is 0 Å². The monoisotopic (exact) mass is 202 g/mol. The van der Waals surface area contributed by atoms with Crippen molar-refractivity contribution in [2.75, 3.05) is 0 Å². The lowest BCUT2D eigenvalue weighted by Gasteiger charge is -2.22. The van der Waals surface area contributed by atoms with E-state index in [1.54, 1.807) is 0 Å². The standard InChI is InChI=1S/C8H11ClN2S/c1-8(2)3-4-5(6(8)10)12-7(9)11-4/h6H,3,10H2,1-2H3/t6-/m1/s1. The fourth-order valence-corrected chi connectivity index (χ4v) is 2.97. The minimum Gasteiger partial charge on any atom is -0.323 e. The Balaban J connectivity index is 2.46. The third-order valence-corrected chi connectivity index (χ3v) is 3.73. The summed E-state index contributed by atoms with van der Waals surface area (Å²) in [6.45, 7) is 4.33. The van der Waals surface area contributed by atoms with Gasteiger partial charge in [0.05, 0.1) is 5.69 Å². The Morgan fingerprint density at radius 3 is 2.92 bits per heavy atom. The smallest absolute Gasteiger partial charge is 0.184 e. The summed E-state index contributed by atoms with van der Waals surface area (Å²) in [5.41, 5.74) is 7.30. The van der Waals surface area contributed by atoms with Crippen LogP contribution in [0.4, 0.5) is 0 Å². The minimum atomic E-state index is 0.109. The van der Waals surface area contributed by atoms with E-state index in [1.807, 2.05) is 0 Å². The molecule has 0 radical (unpaired) electrons. The van der Waals surface area contributed by atoms with Gasteiger partial charge in [-0.2, -0.15) is 0 Å². The summed E-state index contributed by atoms with van der Waals surface area (Å²) >= 11 is 7.31. The lowest BCUT2D eigenvalue weighted by atomic mass is 9.87. The van der Waals surface area contributed by atoms with Gasteiger partial charge >= 0.3 is 0 Å². The van der Waals surface area contributed by atoms with Gasteiger partial charge in [-0.25, -0.2) is 4.98 Å². The van der Waals surface area contributed by atoms with Crippen molar-refractivity contribution in [2.45, 2.75) is 26.3 Å². The first-order chi connectivity index (χ1) is 5.50. The third kappa shape index (κ3) is 1.08. The number of aromatic nitrogens is 1. The van der Waals surface area contributed by atoms with Crippen LogP contribution in [0.15, 0.2) is 0 Å². The van der Waals surface area contributed by atoms with E-state index in [4.69, 9.17) is 17.3 Å². The molecule has 0 unspecified atom stereocenters. The summed E-state index contributed by atoms with van der Waals surface area (Å²) in [6, 6.07) is 0.109. The third-order valence-electron chi connectivity index (χ3n) is 2.45. The summed E-state index contributed by atoms with van der Waals surface area (Å²) in [6.07, 6.45) is 0.951. The Hall–Kier alpha value is -0.120. The molecule has 0 saturated heterocycles. The van der Waals surface area contributed by atoms with E-state index < -0.39 is 0 Å². The molecule has 1 aromatic rings. The largest absolute Gasteiger partial charge is 0.323 e. The highest BCUT2D eigenvalue weighted by Crippen LogP contribution is 2.46. The van der Waals surface area contributed by atoms with Crippen molar-refractivity contribution in [3.63, 3.8) is 0 Å². The predicted octanol–water partition coefficient (Wildman–Crippen LogP) is 2.38. The van der Waals surface area contributed by atoms with E-state index in [0.29, 0.717) is 4.47 Å². The highest BCUT2D eigenvalue weighted by Gasteiger charge is 2.39. The first-order valence-corrected chi connectivity index (χ1v) is 5.11. The van der Waals surface area contributed by atoms with Gasteiger partial charge in [0.2, 0.25) is 0 Å². The van der Waals surface area contributed by atoms with Gasteiger partial charge in [-0.1, -0.05) is 25.4 Å². The van der Waals surface area contributed by atoms with Gasteiger partial charge in [0, 0.05) is 10.9 Å². The molecule has 0 amide bonds. The van der Waals surface area contributed by atoms with E-state index in [-0.39, 0.29) is 11.5 Å². The summed E-state index contributed by atoms with van der Waals surface area (Å²) in [5, 5.41) is 0. The maximum atomic E-state index is 6.05. The van der Waals surface area contributed by atoms with Crippen LogP contribution >= 0.6 is 22.9 Å². The van der Waals surface area contributed by atoms with Crippen molar-refractivity contribution < 1.29 is 0 Å². The molecule has 1 atom stereocenters. The van der Waals surface area contributed by atoms with Gasteiger partial charge in [0.1, 0.15) is 0 Å². The molecule has 0 aliphatic heterocycles. The Morgan fingerprint density at radius 1 is 1.67 bits per heavy atom. The van der Waals surface area contributed by atoms with Crippen LogP contribution in [0.1, 0.15) is 30.5 Å². The van der Waals surface area contributed by atoms with Crippen molar-refractivity contribution in [2.24, 2.45) is 11.1 Å². The molecule has 2 N–H and O–H groups in total. The SMILES string of the molecule is CC1(C)Cc2nc(Cl)sc2[C@H]1N. The summed E-state index contributed by atoms with van der Waals surface area (Å²) in [5.74, 6) is 0. The number of hydrogen-bond acceptors (Lipinski definition) is 3. The summed E-state index contributed by atoms with van der Waals surface area (Å²) < 4.78 is 0.617. The molecule has 1 aliphatic carbocycles. The van der Waals surface area contributed by atoms with Gasteiger partial charge in [-0.3, -0.25) is 0 Å². The van der Waals surface area contributed by atoms with Gasteiger partial charge in [0.15, 0.2) is 4.47 Å². The number of thiazole rings is 1. The molecule has 0 bridgehead atoms. The Morgan fingerprint density at radius 2 is 2.33 bits per heavy atom. The zero-order chi connectivity index (χ0) is 8.93. The molecular weight excluding hydrogens is 192 g/mol. The molecule has 0 saturated carbocycles. The average molecular weight is 203 g/mol. The van der Waals surface area contributed by atoms with Gasteiger partial charge in [-0.05, 0) is 11.8 Å². The van der Waals surface area contributed by atoms with E-state index in [0.717, 1.165) is 12.1 Å². The van der Waals surface area contributed by atoms with Gasteiger partial charge in [-0.15, -0.1) is 11.3 Å². The van der Waals surface area contributed by atoms with Gasteiger partial charge in [0.25, 0.3) is 0 Å². The number of nitrogens with two attached hydrogens (primary N) is 1. The molecule has 1 aliphatic rings. The molecule has 1 aromatic heterocycles. The maximum Gasteiger partial charge on any atom is 0.184 e. The average Bonchev–Trinajstić information content (AvgIpc) is 2.35. The fraction of sp³-hybridized carbons (Fsp3) is 0.625. The van der Waals surface area contributed by atoms with Crippen LogP contribution in [0, 0.1) is 5.41 Å². The second-order valence-corrected chi connectivity index (χ2v) is 5.53. The molecular formula is C8H11ClN2S. The van der Waals surface area contributed by atoms with Crippen LogP contribution in [-0.4, -0.2) is 4.98 Å². The van der Waals surface area contributed by atoms with Crippen molar-refractivity contribution in [1.82, 2.24) is 4.98 Å². The van der Waals surface area contributed by atoms with E-state index in [1.165, 1.54) is 16.2 Å². The molecule has 0 aromatic carbocycles. The number of nitrogens with zero attached hydrogens (tertiary/aromatic N) is 1. The molecule has 2 rings (SSSR count). The Bertz CT molecular complexity index is 319. The number of rotatable bonds is 0. The Labute approximate surface area is 80.8 Å². The highest BCUT2D eigenvalue weighted by atomic mass is 35.5. The predicted molar refractivity (Wildman–Crippen MR) is 51.5 cm³/mol. The second-order valence-electron chi connectivity index (χ2n) is 3.92. The van der Waals surface area contributed by atoms with Gasteiger partial charge < -0.3 is 5.73 Å². The van der Waals surface area contributed by atoms with Crippen LogP contribution in [0.25, 0.3) is 0 Å². The second kappa shape index (κ2) is 2.44. The van der Waals surface area contributed by atoms with Crippen LogP contribution in [-0.2, 0) is 6.42 Å². The molecule has 4 heteroatoms. The van der Waals surface area contributed by atoms with Crippen molar-refractivity contribution in [3.05, 3.63) is 15.0 Å². The number of hydrogen-bond donors (Lipinski definition) is 1. The zero-order valence-corrected chi connectivity index (χ0v) is 8.67. The summed E-state index contributed by atoms with van der Waals surface area (Å²) in [7, 11) is 0. The van der Waals surface area contributed by atoms with Crippen LogP contribution < -0.4 is 5.73 Å². The fourth-order valence-electron chi connectivity index (χ4n) is 1.60. The van der Waals surface area contributed by atoms with E-state index in [2.05, 4.69) is 18.8 Å². The highest BCUT2D eigenvalue weighted by molar-refractivity contribution is 7.16. The quantitative estimate of drug-likeness (QED) is 0.702. The van der Waals surface area contributed by atoms with Crippen molar-refractivity contribution >= 4 is 22.9 Å². The minimum absolute atomic E-state index is 0.109. The van der Waals surface area contributed by atoms with E-state index in [9.17, 15) is 0 Å². The number of halogens is 1. The Kier molecular flexibility index (Phi) is 1.72. The summed E-state index contributed by atoms with van der Waals surface area (Å²) in [4.78, 5) is 5.41. The molecule has 1 heterocycles. The molecule has 66 valence electrons. The molecule has 2 nitrogen and oxygen atoms in total. The molecule has 0 fully saturated rings. The lowest BCUT2D eigenvalue weighted by Crippen LogP contribution is -2.24. The first kappa shape index (κ1) is 8.48. The lowest BCUT2D eigenvalue weighted by molar-refractivity contribution is 0.319. The normalized spacial score (nSPS) is 25.8. The molecule has 0 spiro atoms. The van der Waals surface area contributed by atoms with Crippen LogP contribution in [0.3, 0.4) is 0 Å². The van der Waals surface area contributed by atoms with Crippen molar-refractivity contribution in [1.29, 1.82) is 0 Å². The van der Waals surface area contributed by atoms with Crippen LogP contribution in [0.5, 0.6) is 0 Å². The topological polar surface area (TPSA) is 38.9 Å².